The van der Waals surface area contributed by atoms with E-state index in [1.807, 2.05) is 18.2 Å². The number of aryl methyl sites for hydroxylation is 1. The molecule has 0 spiro atoms. The number of carbonyl (C=O) groups is 1. The van der Waals surface area contributed by atoms with Crippen LogP contribution in [0.5, 0.6) is 0 Å². The zero-order chi connectivity index (χ0) is 11.5. The summed E-state index contributed by atoms with van der Waals surface area (Å²) in [6.07, 6.45) is 2.04. The normalized spacial score (nSPS) is 10.6. The Bertz CT molecular complexity index is 526. The predicted molar refractivity (Wildman–Crippen MR) is 67.9 cm³/mol. The molecular weight excluding hydrogens is 196 g/mol. The van der Waals surface area contributed by atoms with Crippen molar-refractivity contribution in [2.75, 3.05) is 0 Å². The molecule has 2 aromatic rings. The fourth-order valence-corrected chi connectivity index (χ4v) is 2.09. The number of ketones is 1. The Morgan fingerprint density at radius 1 is 1.12 bits per heavy atom. The van der Waals surface area contributed by atoms with E-state index in [0.717, 1.165) is 23.8 Å². The first-order valence-electron chi connectivity index (χ1n) is 5.75. The first kappa shape index (κ1) is 10.9. The Morgan fingerprint density at radius 3 is 2.31 bits per heavy atom. The predicted octanol–water partition coefficient (Wildman–Crippen LogP) is 3.99. The molecule has 0 bridgehead atoms. The van der Waals surface area contributed by atoms with Crippen molar-refractivity contribution in [3.63, 3.8) is 0 Å². The Labute approximate surface area is 96.1 Å². The lowest BCUT2D eigenvalue weighted by Crippen LogP contribution is -1.99. The molecule has 2 rings (SSSR count). The monoisotopic (exact) mass is 212 g/mol. The van der Waals surface area contributed by atoms with Crippen LogP contribution in [0.4, 0.5) is 0 Å². The van der Waals surface area contributed by atoms with Crippen molar-refractivity contribution in [2.24, 2.45) is 0 Å². The quantitative estimate of drug-likeness (QED) is 0.703. The topological polar surface area (TPSA) is 17.1 Å². The summed E-state index contributed by atoms with van der Waals surface area (Å²) in [5.41, 5.74) is 2.05. The molecule has 0 amide bonds. The van der Waals surface area contributed by atoms with Gasteiger partial charge < -0.3 is 0 Å². The van der Waals surface area contributed by atoms with Crippen LogP contribution in [0.15, 0.2) is 36.4 Å². The van der Waals surface area contributed by atoms with E-state index in [4.69, 9.17) is 0 Å². The minimum absolute atomic E-state index is 0.161. The average molecular weight is 212 g/mol. The standard InChI is InChI=1S/C15H16O/c1-3-6-14-9-12-7-4-5-8-13(12)10-15(14)11(2)16/h4-5,7-10H,3,6H2,1-2H3. The Hall–Kier alpha value is -1.63. The van der Waals surface area contributed by atoms with Gasteiger partial charge in [0.05, 0.1) is 0 Å². The molecule has 0 unspecified atom stereocenters. The van der Waals surface area contributed by atoms with Crippen molar-refractivity contribution in [3.05, 3.63) is 47.5 Å². The molecule has 2 aromatic carbocycles. The van der Waals surface area contributed by atoms with E-state index < -0.39 is 0 Å². The summed E-state index contributed by atoms with van der Waals surface area (Å²) >= 11 is 0. The van der Waals surface area contributed by atoms with Crippen molar-refractivity contribution in [1.82, 2.24) is 0 Å². The molecular formula is C15H16O. The highest BCUT2D eigenvalue weighted by molar-refractivity contribution is 6.00. The number of carbonyl (C=O) groups excluding carboxylic acids is 1. The Morgan fingerprint density at radius 2 is 1.75 bits per heavy atom. The number of hydrogen-bond acceptors (Lipinski definition) is 1. The summed E-state index contributed by atoms with van der Waals surface area (Å²) in [5, 5.41) is 2.36. The van der Waals surface area contributed by atoms with Gasteiger partial charge in [0.1, 0.15) is 0 Å². The summed E-state index contributed by atoms with van der Waals surface area (Å²) in [6.45, 7) is 3.78. The Kier molecular flexibility index (Phi) is 3.04. The third-order valence-corrected chi connectivity index (χ3v) is 2.87. The van der Waals surface area contributed by atoms with Crippen LogP contribution in [0.3, 0.4) is 0 Å². The SMILES string of the molecule is CCCc1cc2ccccc2cc1C(C)=O. The maximum absolute atomic E-state index is 11.6. The van der Waals surface area contributed by atoms with Crippen LogP contribution in [-0.4, -0.2) is 5.78 Å². The third kappa shape index (κ3) is 1.99. The second kappa shape index (κ2) is 4.48. The van der Waals surface area contributed by atoms with E-state index in [1.54, 1.807) is 6.92 Å². The molecule has 1 heteroatoms. The molecule has 0 radical (unpaired) electrons. The number of benzene rings is 2. The third-order valence-electron chi connectivity index (χ3n) is 2.87. The molecule has 0 atom stereocenters. The number of Topliss-reactive ketones (excluding diaryl/α,β-unsaturated/α-hetero) is 1. The molecule has 0 heterocycles. The van der Waals surface area contributed by atoms with Gasteiger partial charge in [-0.25, -0.2) is 0 Å². The minimum Gasteiger partial charge on any atom is -0.295 e. The van der Waals surface area contributed by atoms with E-state index in [-0.39, 0.29) is 5.78 Å². The molecule has 0 fully saturated rings. The van der Waals surface area contributed by atoms with Gasteiger partial charge in [-0.2, -0.15) is 0 Å². The van der Waals surface area contributed by atoms with Crippen molar-refractivity contribution >= 4 is 16.6 Å². The van der Waals surface area contributed by atoms with E-state index in [1.165, 1.54) is 10.9 Å². The summed E-state index contributed by atoms with van der Waals surface area (Å²) in [7, 11) is 0. The van der Waals surface area contributed by atoms with E-state index in [9.17, 15) is 4.79 Å². The summed E-state index contributed by atoms with van der Waals surface area (Å²) in [5.74, 6) is 0.161. The lowest BCUT2D eigenvalue weighted by molar-refractivity contribution is 0.101. The highest BCUT2D eigenvalue weighted by atomic mass is 16.1. The van der Waals surface area contributed by atoms with Crippen LogP contribution in [0.25, 0.3) is 10.8 Å². The van der Waals surface area contributed by atoms with Gasteiger partial charge in [0.2, 0.25) is 0 Å². The first-order valence-corrected chi connectivity index (χ1v) is 5.75. The van der Waals surface area contributed by atoms with Crippen molar-refractivity contribution < 1.29 is 4.79 Å². The van der Waals surface area contributed by atoms with Gasteiger partial charge in [0.15, 0.2) is 5.78 Å². The zero-order valence-corrected chi connectivity index (χ0v) is 9.79. The van der Waals surface area contributed by atoms with Gasteiger partial charge in [-0.3, -0.25) is 4.79 Å². The maximum atomic E-state index is 11.6. The van der Waals surface area contributed by atoms with Crippen LogP contribution in [0.2, 0.25) is 0 Å². The van der Waals surface area contributed by atoms with Crippen LogP contribution < -0.4 is 0 Å². The highest BCUT2D eigenvalue weighted by Gasteiger charge is 2.07. The molecule has 0 saturated heterocycles. The van der Waals surface area contributed by atoms with Crippen molar-refractivity contribution in [1.29, 1.82) is 0 Å². The summed E-state index contributed by atoms with van der Waals surface area (Å²) in [4.78, 5) is 11.6. The molecule has 0 saturated carbocycles. The Balaban J connectivity index is 2.65. The molecule has 0 aromatic heterocycles. The number of fused-ring (bicyclic) bond motifs is 1. The zero-order valence-electron chi connectivity index (χ0n) is 9.79. The fraction of sp³-hybridized carbons (Fsp3) is 0.267. The number of rotatable bonds is 3. The second-order valence-electron chi connectivity index (χ2n) is 4.16. The van der Waals surface area contributed by atoms with Gasteiger partial charge in [0, 0.05) is 5.56 Å². The molecule has 0 aliphatic rings. The molecule has 0 aliphatic carbocycles. The molecule has 1 nitrogen and oxygen atoms in total. The lowest BCUT2D eigenvalue weighted by atomic mass is 9.96. The average Bonchev–Trinajstić information content (AvgIpc) is 2.28. The van der Waals surface area contributed by atoms with Gasteiger partial charge in [-0.1, -0.05) is 43.7 Å². The summed E-state index contributed by atoms with van der Waals surface area (Å²) < 4.78 is 0. The fourth-order valence-electron chi connectivity index (χ4n) is 2.09. The van der Waals surface area contributed by atoms with Gasteiger partial charge in [0.25, 0.3) is 0 Å². The van der Waals surface area contributed by atoms with Crippen LogP contribution in [0, 0.1) is 0 Å². The van der Waals surface area contributed by atoms with E-state index in [0.29, 0.717) is 0 Å². The van der Waals surface area contributed by atoms with Crippen molar-refractivity contribution in [2.45, 2.75) is 26.7 Å². The second-order valence-corrected chi connectivity index (χ2v) is 4.16. The molecule has 16 heavy (non-hydrogen) atoms. The summed E-state index contributed by atoms with van der Waals surface area (Å²) in [6, 6.07) is 12.4. The van der Waals surface area contributed by atoms with E-state index >= 15 is 0 Å². The van der Waals surface area contributed by atoms with E-state index in [2.05, 4.69) is 25.1 Å². The van der Waals surface area contributed by atoms with Crippen LogP contribution in [0.1, 0.15) is 36.2 Å². The van der Waals surface area contributed by atoms with Gasteiger partial charge in [-0.05, 0) is 35.7 Å². The minimum atomic E-state index is 0.161. The number of hydrogen-bond donors (Lipinski definition) is 0. The maximum Gasteiger partial charge on any atom is 0.160 e. The smallest absolute Gasteiger partial charge is 0.160 e. The van der Waals surface area contributed by atoms with Crippen LogP contribution in [-0.2, 0) is 6.42 Å². The van der Waals surface area contributed by atoms with Gasteiger partial charge >= 0.3 is 0 Å². The molecule has 82 valence electrons. The van der Waals surface area contributed by atoms with Crippen molar-refractivity contribution in [3.8, 4) is 0 Å². The van der Waals surface area contributed by atoms with Crippen LogP contribution >= 0.6 is 0 Å². The molecule has 0 N–H and O–H groups in total. The largest absolute Gasteiger partial charge is 0.295 e. The first-order chi connectivity index (χ1) is 7.72. The molecule has 0 aliphatic heterocycles. The highest BCUT2D eigenvalue weighted by Crippen LogP contribution is 2.21. The lowest BCUT2D eigenvalue weighted by Gasteiger charge is -2.08. The van der Waals surface area contributed by atoms with Gasteiger partial charge in [-0.15, -0.1) is 0 Å².